The molecule has 0 aromatic rings. The van der Waals surface area contributed by atoms with Crippen molar-refractivity contribution in [3.8, 4) is 0 Å². The summed E-state index contributed by atoms with van der Waals surface area (Å²) < 4.78 is 0. The maximum absolute atomic E-state index is 11.3. The molecule has 0 amide bonds. The van der Waals surface area contributed by atoms with Gasteiger partial charge in [-0.1, -0.05) is 37.1 Å². The van der Waals surface area contributed by atoms with Crippen LogP contribution in [0.1, 0.15) is 85.5 Å². The van der Waals surface area contributed by atoms with Gasteiger partial charge in [0.25, 0.3) is 0 Å². The molecule has 0 heterocycles. The van der Waals surface area contributed by atoms with Gasteiger partial charge in [-0.25, -0.2) is 0 Å². The van der Waals surface area contributed by atoms with E-state index in [1.165, 1.54) is 36.8 Å². The van der Waals surface area contributed by atoms with Crippen molar-refractivity contribution in [2.24, 2.45) is 40.4 Å². The Hall–Kier alpha value is -0.640. The van der Waals surface area contributed by atoms with Gasteiger partial charge in [0.15, 0.2) is 0 Å². The average Bonchev–Trinajstić information content (AvgIpc) is 3.03. The maximum Gasteiger partial charge on any atom is 0.0757 e. The third-order valence-corrected chi connectivity index (χ3v) is 10.1. The topological polar surface area (TPSA) is 60.7 Å². The fourth-order valence-corrected chi connectivity index (χ4v) is 8.45. The molecule has 9 atom stereocenters. The molecule has 170 valence electrons. The molecule has 0 bridgehead atoms. The van der Waals surface area contributed by atoms with Crippen LogP contribution in [0.2, 0.25) is 0 Å². The second-order valence-electron chi connectivity index (χ2n) is 11.8. The molecule has 5 unspecified atom stereocenters. The number of rotatable bonds is 5. The summed E-state index contributed by atoms with van der Waals surface area (Å²) in [7, 11) is 0. The van der Waals surface area contributed by atoms with Crippen molar-refractivity contribution >= 4 is 0 Å². The van der Waals surface area contributed by atoms with Crippen molar-refractivity contribution < 1.29 is 15.3 Å². The molecule has 0 spiro atoms. The van der Waals surface area contributed by atoms with E-state index in [9.17, 15) is 15.3 Å². The van der Waals surface area contributed by atoms with E-state index >= 15 is 0 Å². The van der Waals surface area contributed by atoms with Crippen LogP contribution in [0.4, 0.5) is 0 Å². The van der Waals surface area contributed by atoms with Crippen LogP contribution in [-0.4, -0.2) is 34.1 Å². The minimum Gasteiger partial charge on any atom is -0.396 e. The number of hydrogen-bond donors (Lipinski definition) is 3. The average molecular weight is 417 g/mol. The highest BCUT2D eigenvalue weighted by atomic mass is 16.3. The number of fused-ring (bicyclic) bond motifs is 5. The van der Waals surface area contributed by atoms with Crippen LogP contribution < -0.4 is 0 Å². The van der Waals surface area contributed by atoms with Crippen LogP contribution in [-0.2, 0) is 0 Å². The Labute approximate surface area is 183 Å². The quantitative estimate of drug-likeness (QED) is 0.536. The molecule has 0 radical (unpaired) electrons. The summed E-state index contributed by atoms with van der Waals surface area (Å²) in [6, 6.07) is 0. The van der Waals surface area contributed by atoms with Gasteiger partial charge in [-0.2, -0.15) is 0 Å². The summed E-state index contributed by atoms with van der Waals surface area (Å²) in [6.45, 7) is 9.49. The molecule has 3 fully saturated rings. The molecule has 3 nitrogen and oxygen atoms in total. The lowest BCUT2D eigenvalue weighted by Crippen LogP contribution is -2.55. The van der Waals surface area contributed by atoms with E-state index in [1.54, 1.807) is 0 Å². The van der Waals surface area contributed by atoms with Crippen molar-refractivity contribution in [1.82, 2.24) is 0 Å². The Balaban J connectivity index is 1.57. The zero-order valence-corrected chi connectivity index (χ0v) is 19.6. The standard InChI is InChI=1S/C27H44O3/c1-17(2)6-5-7-18(16-28)21-8-9-22-25-23(11-13-27(21,22)4)26(3)12-10-20(29)14-19(26)15-24(25)30/h6,15,18,20-25,28-30H,5,7-14,16H2,1-4H3/t18?,20-,21?,22?,23?,24-,25?,26-,27+/m0/s1. The number of allylic oxidation sites excluding steroid dienone is 2. The lowest BCUT2D eigenvalue weighted by atomic mass is 9.46. The second kappa shape index (κ2) is 8.37. The van der Waals surface area contributed by atoms with Crippen molar-refractivity contribution in [3.63, 3.8) is 0 Å². The molecule has 0 saturated heterocycles. The SMILES string of the molecule is CC(C)=CCCC(CO)C1CCC2C3C(CC[C@]12C)[C@@]1(C)CC[C@H](O)CC1=C[C@@H]3O. The Morgan fingerprint density at radius 2 is 1.87 bits per heavy atom. The van der Waals surface area contributed by atoms with E-state index in [2.05, 4.69) is 39.8 Å². The molecule has 3 N–H and O–H groups in total. The third kappa shape index (κ3) is 3.63. The summed E-state index contributed by atoms with van der Waals surface area (Å²) in [5.41, 5.74) is 3.07. The highest BCUT2D eigenvalue weighted by molar-refractivity contribution is 5.28. The lowest BCUT2D eigenvalue weighted by Gasteiger charge is -2.59. The van der Waals surface area contributed by atoms with Crippen molar-refractivity contribution in [2.75, 3.05) is 6.61 Å². The maximum atomic E-state index is 11.3. The minimum absolute atomic E-state index is 0.155. The molecule has 3 saturated carbocycles. The predicted octanol–water partition coefficient (Wildman–Crippen LogP) is 5.25. The van der Waals surface area contributed by atoms with Gasteiger partial charge in [0.2, 0.25) is 0 Å². The molecule has 0 aromatic heterocycles. The Morgan fingerprint density at radius 3 is 2.57 bits per heavy atom. The molecular weight excluding hydrogens is 372 g/mol. The zero-order valence-electron chi connectivity index (χ0n) is 19.6. The van der Waals surface area contributed by atoms with Crippen molar-refractivity contribution in [2.45, 2.75) is 97.7 Å². The molecular formula is C27H44O3. The second-order valence-corrected chi connectivity index (χ2v) is 11.8. The fraction of sp³-hybridized carbons (Fsp3) is 0.852. The van der Waals surface area contributed by atoms with Gasteiger partial charge in [0, 0.05) is 6.61 Å². The number of hydrogen-bond acceptors (Lipinski definition) is 3. The van der Waals surface area contributed by atoms with E-state index in [4.69, 9.17) is 0 Å². The summed E-state index contributed by atoms with van der Waals surface area (Å²) in [4.78, 5) is 0. The third-order valence-electron chi connectivity index (χ3n) is 10.1. The summed E-state index contributed by atoms with van der Waals surface area (Å²) in [6.07, 6.45) is 13.5. The van der Waals surface area contributed by atoms with Crippen LogP contribution in [0.25, 0.3) is 0 Å². The number of aliphatic hydroxyl groups is 3. The Morgan fingerprint density at radius 1 is 1.10 bits per heavy atom. The Bertz CT molecular complexity index is 692. The van der Waals surface area contributed by atoms with Crippen LogP contribution in [0.15, 0.2) is 23.3 Å². The molecule has 4 rings (SSSR count). The van der Waals surface area contributed by atoms with E-state index in [-0.39, 0.29) is 23.0 Å². The molecule has 0 aromatic carbocycles. The summed E-state index contributed by atoms with van der Waals surface area (Å²) in [5.74, 6) is 2.37. The first-order chi connectivity index (χ1) is 14.2. The summed E-state index contributed by atoms with van der Waals surface area (Å²) in [5, 5.41) is 31.7. The Kier molecular flexibility index (Phi) is 6.29. The van der Waals surface area contributed by atoms with E-state index in [1.807, 2.05) is 0 Å². The zero-order chi connectivity index (χ0) is 21.7. The van der Waals surface area contributed by atoms with Gasteiger partial charge in [-0.15, -0.1) is 0 Å². The van der Waals surface area contributed by atoms with Crippen LogP contribution >= 0.6 is 0 Å². The monoisotopic (exact) mass is 416 g/mol. The van der Waals surface area contributed by atoms with Crippen molar-refractivity contribution in [3.05, 3.63) is 23.3 Å². The smallest absolute Gasteiger partial charge is 0.0757 e. The molecule has 4 aliphatic rings. The van der Waals surface area contributed by atoms with E-state index in [0.29, 0.717) is 36.2 Å². The van der Waals surface area contributed by atoms with Gasteiger partial charge in [0.05, 0.1) is 12.2 Å². The van der Waals surface area contributed by atoms with Gasteiger partial charge in [0.1, 0.15) is 0 Å². The largest absolute Gasteiger partial charge is 0.396 e. The highest BCUT2D eigenvalue weighted by Gasteiger charge is 2.61. The lowest BCUT2D eigenvalue weighted by molar-refractivity contribution is -0.0997. The molecule has 4 aliphatic carbocycles. The van der Waals surface area contributed by atoms with Crippen LogP contribution in [0.5, 0.6) is 0 Å². The predicted molar refractivity (Wildman–Crippen MR) is 122 cm³/mol. The van der Waals surface area contributed by atoms with Gasteiger partial charge < -0.3 is 15.3 Å². The van der Waals surface area contributed by atoms with Crippen LogP contribution in [0.3, 0.4) is 0 Å². The minimum atomic E-state index is -0.370. The van der Waals surface area contributed by atoms with Crippen molar-refractivity contribution in [1.29, 1.82) is 0 Å². The van der Waals surface area contributed by atoms with Gasteiger partial charge >= 0.3 is 0 Å². The summed E-state index contributed by atoms with van der Waals surface area (Å²) >= 11 is 0. The normalized spacial score (nSPS) is 46.3. The highest BCUT2D eigenvalue weighted by Crippen LogP contribution is 2.67. The van der Waals surface area contributed by atoms with Crippen LogP contribution in [0, 0.1) is 40.4 Å². The number of aliphatic hydroxyl groups excluding tert-OH is 3. The first-order valence-electron chi connectivity index (χ1n) is 12.5. The molecule has 30 heavy (non-hydrogen) atoms. The molecule has 0 aliphatic heterocycles. The van der Waals surface area contributed by atoms with Gasteiger partial charge in [-0.3, -0.25) is 0 Å². The first-order valence-corrected chi connectivity index (χ1v) is 12.5. The first kappa shape index (κ1) is 22.6. The fourth-order valence-electron chi connectivity index (χ4n) is 8.45. The molecule has 3 heteroatoms. The van der Waals surface area contributed by atoms with E-state index < -0.39 is 0 Å². The van der Waals surface area contributed by atoms with E-state index in [0.717, 1.165) is 32.1 Å². The van der Waals surface area contributed by atoms with Gasteiger partial charge in [-0.05, 0) is 112 Å².